The Balaban J connectivity index is 1.80. The number of halogens is 1. The number of aromatic nitrogens is 2. The van der Waals surface area contributed by atoms with Gasteiger partial charge in [0.05, 0.1) is 0 Å². The van der Waals surface area contributed by atoms with Crippen molar-refractivity contribution in [2.45, 2.75) is 18.9 Å². The predicted molar refractivity (Wildman–Crippen MR) is 69.9 cm³/mol. The van der Waals surface area contributed by atoms with Crippen molar-refractivity contribution in [2.75, 3.05) is 5.32 Å². The van der Waals surface area contributed by atoms with E-state index in [4.69, 9.17) is 11.6 Å². The smallest absolute Gasteiger partial charge is 0.273 e. The highest BCUT2D eigenvalue weighted by molar-refractivity contribution is 6.30. The highest BCUT2D eigenvalue weighted by atomic mass is 35.5. The Labute approximate surface area is 110 Å². The van der Waals surface area contributed by atoms with Crippen LogP contribution in [0.5, 0.6) is 0 Å². The fourth-order valence-corrected chi connectivity index (χ4v) is 2.07. The van der Waals surface area contributed by atoms with Gasteiger partial charge in [-0.1, -0.05) is 11.6 Å². The van der Waals surface area contributed by atoms with E-state index < -0.39 is 0 Å². The maximum atomic E-state index is 12.1. The van der Waals surface area contributed by atoms with Crippen molar-refractivity contribution in [2.24, 2.45) is 0 Å². The molecule has 0 saturated heterocycles. The van der Waals surface area contributed by atoms with Crippen molar-refractivity contribution in [1.82, 2.24) is 9.55 Å². The molecule has 0 spiro atoms. The van der Waals surface area contributed by atoms with Crippen molar-refractivity contribution in [3.8, 4) is 0 Å². The number of hydrogen-bond donors (Lipinski definition) is 1. The van der Waals surface area contributed by atoms with Crippen molar-refractivity contribution in [3.05, 3.63) is 47.4 Å². The third-order valence-electron chi connectivity index (χ3n) is 2.92. The van der Waals surface area contributed by atoms with Crippen LogP contribution < -0.4 is 5.32 Å². The Hall–Kier alpha value is -1.81. The number of hydrogen-bond acceptors (Lipinski definition) is 2. The molecule has 92 valence electrons. The molecular formula is C13H12ClN3O. The summed E-state index contributed by atoms with van der Waals surface area (Å²) in [6.45, 7) is 0. The second kappa shape index (κ2) is 4.46. The summed E-state index contributed by atoms with van der Waals surface area (Å²) in [4.78, 5) is 16.2. The molecule has 1 amide bonds. The van der Waals surface area contributed by atoms with E-state index in [-0.39, 0.29) is 5.91 Å². The zero-order valence-corrected chi connectivity index (χ0v) is 10.4. The van der Waals surface area contributed by atoms with Crippen LogP contribution in [0.25, 0.3) is 0 Å². The van der Waals surface area contributed by atoms with E-state index in [2.05, 4.69) is 10.3 Å². The number of anilines is 1. The molecule has 0 unspecified atom stereocenters. The maximum absolute atomic E-state index is 12.1. The molecule has 3 rings (SSSR count). The summed E-state index contributed by atoms with van der Waals surface area (Å²) in [7, 11) is 0. The van der Waals surface area contributed by atoms with E-state index in [1.54, 1.807) is 18.3 Å². The summed E-state index contributed by atoms with van der Waals surface area (Å²) in [5.41, 5.74) is 0.666. The Morgan fingerprint density at radius 3 is 3.00 bits per heavy atom. The lowest BCUT2D eigenvalue weighted by atomic mass is 10.3. The largest absolute Gasteiger partial charge is 0.340 e. The SMILES string of the molecule is O=C(Nc1cc(Cl)ccn1)c1cccn1C1CC1. The van der Waals surface area contributed by atoms with Crippen LogP contribution in [-0.2, 0) is 0 Å². The molecule has 5 heteroatoms. The fraction of sp³-hybridized carbons (Fsp3) is 0.231. The van der Waals surface area contributed by atoms with Gasteiger partial charge in [-0.2, -0.15) is 0 Å². The van der Waals surface area contributed by atoms with Crippen LogP contribution in [0.1, 0.15) is 29.4 Å². The van der Waals surface area contributed by atoms with E-state index in [1.165, 1.54) is 0 Å². The van der Waals surface area contributed by atoms with Crippen molar-refractivity contribution >= 4 is 23.3 Å². The molecule has 1 aliphatic carbocycles. The van der Waals surface area contributed by atoms with Crippen molar-refractivity contribution in [3.63, 3.8) is 0 Å². The summed E-state index contributed by atoms with van der Waals surface area (Å²) >= 11 is 5.85. The van der Waals surface area contributed by atoms with Crippen molar-refractivity contribution in [1.29, 1.82) is 0 Å². The average Bonchev–Trinajstić information content (AvgIpc) is 3.06. The Bertz CT molecular complexity index is 589. The van der Waals surface area contributed by atoms with Gasteiger partial charge in [-0.3, -0.25) is 4.79 Å². The number of nitrogens with one attached hydrogen (secondary N) is 1. The normalized spacial score (nSPS) is 14.5. The molecule has 2 aromatic rings. The zero-order valence-electron chi connectivity index (χ0n) is 9.64. The first kappa shape index (κ1) is 11.3. The van der Waals surface area contributed by atoms with Crippen LogP contribution in [0.2, 0.25) is 5.02 Å². The van der Waals surface area contributed by atoms with E-state index >= 15 is 0 Å². The summed E-state index contributed by atoms with van der Waals surface area (Å²) in [5, 5.41) is 3.31. The highest BCUT2D eigenvalue weighted by Gasteiger charge is 2.26. The van der Waals surface area contributed by atoms with Crippen LogP contribution in [0, 0.1) is 0 Å². The minimum atomic E-state index is -0.151. The van der Waals surface area contributed by atoms with Gasteiger partial charge in [-0.25, -0.2) is 4.98 Å². The second-order valence-corrected chi connectivity index (χ2v) is 4.78. The van der Waals surface area contributed by atoms with Crippen LogP contribution in [0.15, 0.2) is 36.7 Å². The van der Waals surface area contributed by atoms with Crippen LogP contribution in [0.4, 0.5) is 5.82 Å². The molecule has 0 radical (unpaired) electrons. The van der Waals surface area contributed by atoms with Gasteiger partial charge in [0.2, 0.25) is 0 Å². The molecule has 4 nitrogen and oxygen atoms in total. The molecule has 0 bridgehead atoms. The van der Waals surface area contributed by atoms with Crippen molar-refractivity contribution < 1.29 is 4.79 Å². The first-order valence-electron chi connectivity index (χ1n) is 5.84. The molecule has 2 heterocycles. The first-order chi connectivity index (χ1) is 8.74. The summed E-state index contributed by atoms with van der Waals surface area (Å²) in [5.74, 6) is 0.317. The molecule has 1 saturated carbocycles. The fourth-order valence-electron chi connectivity index (χ4n) is 1.91. The Morgan fingerprint density at radius 1 is 1.44 bits per heavy atom. The molecule has 0 aliphatic heterocycles. The number of carbonyl (C=O) groups excluding carboxylic acids is 1. The minimum Gasteiger partial charge on any atom is -0.340 e. The average molecular weight is 262 g/mol. The lowest BCUT2D eigenvalue weighted by molar-refractivity contribution is 0.101. The number of pyridine rings is 1. The monoisotopic (exact) mass is 261 g/mol. The molecule has 18 heavy (non-hydrogen) atoms. The lowest BCUT2D eigenvalue weighted by Crippen LogP contribution is -2.17. The van der Waals surface area contributed by atoms with Gasteiger partial charge in [0.25, 0.3) is 5.91 Å². The lowest BCUT2D eigenvalue weighted by Gasteiger charge is -2.08. The molecule has 1 fully saturated rings. The van der Waals surface area contributed by atoms with Gasteiger partial charge in [0.15, 0.2) is 0 Å². The quantitative estimate of drug-likeness (QED) is 0.923. The molecule has 1 aliphatic rings. The van der Waals surface area contributed by atoms with Crippen LogP contribution >= 0.6 is 11.6 Å². The van der Waals surface area contributed by atoms with Gasteiger partial charge in [0.1, 0.15) is 11.5 Å². The van der Waals surface area contributed by atoms with Gasteiger partial charge in [-0.05, 0) is 37.1 Å². The van der Waals surface area contributed by atoms with Gasteiger partial charge in [0, 0.05) is 23.5 Å². The molecule has 1 N–H and O–H groups in total. The van der Waals surface area contributed by atoms with Gasteiger partial charge < -0.3 is 9.88 Å². The Kier molecular flexibility index (Phi) is 2.80. The standard InChI is InChI=1S/C13H12ClN3O/c14-9-5-6-15-12(8-9)16-13(18)11-2-1-7-17(11)10-3-4-10/h1-2,5-8,10H,3-4H2,(H,15,16,18). The molecular weight excluding hydrogens is 250 g/mol. The van der Waals surface area contributed by atoms with E-state index in [0.29, 0.717) is 22.6 Å². The third kappa shape index (κ3) is 2.24. The van der Waals surface area contributed by atoms with E-state index in [9.17, 15) is 4.79 Å². The van der Waals surface area contributed by atoms with Crippen LogP contribution in [-0.4, -0.2) is 15.5 Å². The van der Waals surface area contributed by atoms with E-state index in [0.717, 1.165) is 12.8 Å². The number of nitrogens with zero attached hydrogens (tertiary/aromatic N) is 2. The molecule has 2 aromatic heterocycles. The third-order valence-corrected chi connectivity index (χ3v) is 3.15. The summed E-state index contributed by atoms with van der Waals surface area (Å²) < 4.78 is 2.01. The minimum absolute atomic E-state index is 0.151. The van der Waals surface area contributed by atoms with Gasteiger partial charge >= 0.3 is 0 Å². The highest BCUT2D eigenvalue weighted by Crippen LogP contribution is 2.36. The first-order valence-corrected chi connectivity index (χ1v) is 6.21. The van der Waals surface area contributed by atoms with Crippen LogP contribution in [0.3, 0.4) is 0 Å². The number of rotatable bonds is 3. The van der Waals surface area contributed by atoms with E-state index in [1.807, 2.05) is 22.9 Å². The zero-order chi connectivity index (χ0) is 12.5. The number of amides is 1. The predicted octanol–water partition coefficient (Wildman–Crippen LogP) is 3.12. The second-order valence-electron chi connectivity index (χ2n) is 4.35. The maximum Gasteiger partial charge on any atom is 0.273 e. The number of carbonyl (C=O) groups is 1. The topological polar surface area (TPSA) is 46.9 Å². The summed E-state index contributed by atoms with van der Waals surface area (Å²) in [6.07, 6.45) is 5.80. The summed E-state index contributed by atoms with van der Waals surface area (Å²) in [6, 6.07) is 7.48. The van der Waals surface area contributed by atoms with Gasteiger partial charge in [-0.15, -0.1) is 0 Å². The Morgan fingerprint density at radius 2 is 2.28 bits per heavy atom. The molecule has 0 aromatic carbocycles. The molecule has 0 atom stereocenters.